The largest absolute Gasteiger partial charge is 0.336 e. The monoisotopic (exact) mass is 496 g/mol. The summed E-state index contributed by atoms with van der Waals surface area (Å²) in [6, 6.07) is 23.6. The van der Waals surface area contributed by atoms with Crippen LogP contribution in [0, 0.1) is 11.6 Å². The van der Waals surface area contributed by atoms with E-state index in [9.17, 15) is 13.6 Å². The molecule has 0 N–H and O–H groups in total. The molecular weight excluding hydrogens is 470 g/mol. The highest BCUT2D eigenvalue weighted by atomic mass is 19.2. The van der Waals surface area contributed by atoms with Crippen molar-refractivity contribution in [2.24, 2.45) is 0 Å². The number of nitrogens with zero attached hydrogens (tertiary/aromatic N) is 4. The molecule has 5 aromatic rings. The second-order valence-electron chi connectivity index (χ2n) is 9.60. The fourth-order valence-electron chi connectivity index (χ4n) is 5.05. The topological polar surface area (TPSA) is 41.4 Å². The second-order valence-corrected chi connectivity index (χ2v) is 9.60. The first-order valence-corrected chi connectivity index (χ1v) is 12.4. The number of carbonyl (C=O) groups excluding carboxylic acids is 1. The quantitative estimate of drug-likeness (QED) is 0.327. The lowest BCUT2D eigenvalue weighted by molar-refractivity contribution is 0.0664. The van der Waals surface area contributed by atoms with Gasteiger partial charge in [0.15, 0.2) is 11.6 Å². The molecule has 1 aliphatic heterocycles. The molecule has 37 heavy (non-hydrogen) atoms. The number of piperazine rings is 1. The number of amides is 1. The Labute approximate surface area is 213 Å². The summed E-state index contributed by atoms with van der Waals surface area (Å²) in [6.07, 6.45) is 0. The molecule has 0 spiro atoms. The summed E-state index contributed by atoms with van der Waals surface area (Å²) in [4.78, 5) is 22.4. The van der Waals surface area contributed by atoms with E-state index in [0.717, 1.165) is 46.5 Å². The highest BCUT2D eigenvalue weighted by Gasteiger charge is 2.22. The molecule has 1 amide bonds. The summed E-state index contributed by atoms with van der Waals surface area (Å²) in [7, 11) is 2.06. The Morgan fingerprint density at radius 2 is 1.65 bits per heavy atom. The average molecular weight is 497 g/mol. The number of carbonyl (C=O) groups is 1. The zero-order valence-corrected chi connectivity index (χ0v) is 20.5. The van der Waals surface area contributed by atoms with Gasteiger partial charge in [-0.3, -0.25) is 4.79 Å². The molecule has 2 heterocycles. The summed E-state index contributed by atoms with van der Waals surface area (Å²) >= 11 is 0. The van der Waals surface area contributed by atoms with Crippen LogP contribution in [0.2, 0.25) is 0 Å². The second kappa shape index (κ2) is 9.41. The van der Waals surface area contributed by atoms with Crippen LogP contribution in [0.15, 0.2) is 78.9 Å². The highest BCUT2D eigenvalue weighted by molar-refractivity contribution is 6.00. The van der Waals surface area contributed by atoms with Crippen LogP contribution in [0.1, 0.15) is 15.9 Å². The number of aromatic nitrogens is 2. The molecule has 0 aliphatic carbocycles. The summed E-state index contributed by atoms with van der Waals surface area (Å²) in [5.41, 5.74) is 3.64. The molecule has 1 saturated heterocycles. The standard InChI is InChI=1S/C30H26F2N4O/c1-34-13-15-35(16-14-34)30(37)22-10-12-27-28(18-22)36(19-20-9-11-25(31)26(32)17-20)29(33-27)24-8-4-6-21-5-2-3-7-23(21)24/h2-12,17-18H,13-16,19H2,1H3. The van der Waals surface area contributed by atoms with Crippen molar-refractivity contribution in [2.45, 2.75) is 6.54 Å². The van der Waals surface area contributed by atoms with Gasteiger partial charge in [0.25, 0.3) is 5.91 Å². The molecule has 1 aliphatic rings. The Morgan fingerprint density at radius 1 is 0.865 bits per heavy atom. The van der Waals surface area contributed by atoms with Crippen molar-refractivity contribution >= 4 is 27.7 Å². The summed E-state index contributed by atoms with van der Waals surface area (Å²) in [5.74, 6) is -1.07. The number of imidazole rings is 1. The van der Waals surface area contributed by atoms with E-state index in [1.165, 1.54) is 6.07 Å². The predicted molar refractivity (Wildman–Crippen MR) is 142 cm³/mol. The molecule has 7 heteroatoms. The van der Waals surface area contributed by atoms with E-state index < -0.39 is 11.6 Å². The number of fused-ring (bicyclic) bond motifs is 2. The van der Waals surface area contributed by atoms with Crippen LogP contribution in [-0.2, 0) is 6.54 Å². The van der Waals surface area contributed by atoms with Crippen molar-refractivity contribution in [1.82, 2.24) is 19.4 Å². The summed E-state index contributed by atoms with van der Waals surface area (Å²) in [6.45, 7) is 3.32. The van der Waals surface area contributed by atoms with E-state index in [2.05, 4.69) is 11.9 Å². The van der Waals surface area contributed by atoms with E-state index in [1.807, 2.05) is 70.1 Å². The molecule has 0 atom stereocenters. The van der Waals surface area contributed by atoms with Crippen molar-refractivity contribution < 1.29 is 13.6 Å². The van der Waals surface area contributed by atoms with Gasteiger partial charge in [0.2, 0.25) is 0 Å². The van der Waals surface area contributed by atoms with E-state index in [4.69, 9.17) is 4.98 Å². The van der Waals surface area contributed by atoms with Crippen molar-refractivity contribution in [3.63, 3.8) is 0 Å². The highest BCUT2D eigenvalue weighted by Crippen LogP contribution is 2.32. The van der Waals surface area contributed by atoms with Crippen LogP contribution in [0.4, 0.5) is 8.78 Å². The number of halogens is 2. The first kappa shape index (κ1) is 23.3. The first-order chi connectivity index (χ1) is 18.0. The number of hydrogen-bond acceptors (Lipinski definition) is 3. The third-order valence-electron chi connectivity index (χ3n) is 7.14. The maximum absolute atomic E-state index is 14.1. The number of likely N-dealkylation sites (N-methyl/N-ethyl adjacent to an activating group) is 1. The van der Waals surface area contributed by atoms with Crippen LogP contribution in [-0.4, -0.2) is 58.5 Å². The summed E-state index contributed by atoms with van der Waals surface area (Å²) < 4.78 is 29.7. The van der Waals surface area contributed by atoms with Crippen molar-refractivity contribution in [2.75, 3.05) is 33.2 Å². The van der Waals surface area contributed by atoms with Crippen LogP contribution < -0.4 is 0 Å². The van der Waals surface area contributed by atoms with Crippen molar-refractivity contribution in [1.29, 1.82) is 0 Å². The van der Waals surface area contributed by atoms with Gasteiger partial charge in [-0.25, -0.2) is 13.8 Å². The van der Waals surface area contributed by atoms with Gasteiger partial charge < -0.3 is 14.4 Å². The minimum Gasteiger partial charge on any atom is -0.336 e. The Bertz CT molecular complexity index is 1630. The zero-order chi connectivity index (χ0) is 25.5. The number of hydrogen-bond donors (Lipinski definition) is 0. The van der Waals surface area contributed by atoms with Gasteiger partial charge in [0.1, 0.15) is 5.82 Å². The maximum Gasteiger partial charge on any atom is 0.254 e. The molecule has 186 valence electrons. The molecule has 0 saturated carbocycles. The lowest BCUT2D eigenvalue weighted by Crippen LogP contribution is -2.47. The minimum atomic E-state index is -0.889. The molecule has 6 rings (SSSR count). The van der Waals surface area contributed by atoms with Crippen LogP contribution >= 0.6 is 0 Å². The molecule has 0 bridgehead atoms. The Hall–Kier alpha value is -4.10. The Balaban J connectivity index is 1.50. The maximum atomic E-state index is 14.1. The van der Waals surface area contributed by atoms with E-state index >= 15 is 0 Å². The van der Waals surface area contributed by atoms with Gasteiger partial charge in [-0.2, -0.15) is 0 Å². The van der Waals surface area contributed by atoms with Gasteiger partial charge in [-0.1, -0.05) is 48.5 Å². The molecule has 1 aromatic heterocycles. The van der Waals surface area contributed by atoms with Crippen LogP contribution in [0.25, 0.3) is 33.2 Å². The van der Waals surface area contributed by atoms with Crippen LogP contribution in [0.5, 0.6) is 0 Å². The first-order valence-electron chi connectivity index (χ1n) is 12.4. The molecule has 4 aromatic carbocycles. The molecule has 0 unspecified atom stereocenters. The number of rotatable bonds is 4. The van der Waals surface area contributed by atoms with E-state index in [1.54, 1.807) is 6.07 Å². The average Bonchev–Trinajstić information content (AvgIpc) is 3.27. The fourth-order valence-corrected chi connectivity index (χ4v) is 5.05. The lowest BCUT2D eigenvalue weighted by atomic mass is 10.0. The Morgan fingerprint density at radius 3 is 2.46 bits per heavy atom. The van der Waals surface area contributed by atoms with Gasteiger partial charge >= 0.3 is 0 Å². The Kier molecular flexibility index (Phi) is 5.93. The van der Waals surface area contributed by atoms with Gasteiger partial charge in [0.05, 0.1) is 11.0 Å². The van der Waals surface area contributed by atoms with Gasteiger partial charge in [-0.15, -0.1) is 0 Å². The van der Waals surface area contributed by atoms with Gasteiger partial charge in [0, 0.05) is 43.9 Å². The van der Waals surface area contributed by atoms with Crippen molar-refractivity contribution in [3.05, 3.63) is 102 Å². The number of benzene rings is 4. The minimum absolute atomic E-state index is 0.0118. The molecule has 1 fully saturated rings. The SMILES string of the molecule is CN1CCN(C(=O)c2ccc3nc(-c4cccc5ccccc45)n(Cc4ccc(F)c(F)c4)c3c2)CC1. The smallest absolute Gasteiger partial charge is 0.254 e. The summed E-state index contributed by atoms with van der Waals surface area (Å²) in [5, 5.41) is 2.12. The fraction of sp³-hybridized carbons (Fsp3) is 0.200. The lowest BCUT2D eigenvalue weighted by Gasteiger charge is -2.32. The van der Waals surface area contributed by atoms with Crippen LogP contribution in [0.3, 0.4) is 0 Å². The molecular formula is C30H26F2N4O. The van der Waals surface area contributed by atoms with E-state index in [-0.39, 0.29) is 12.5 Å². The molecule has 5 nitrogen and oxygen atoms in total. The van der Waals surface area contributed by atoms with Gasteiger partial charge in [-0.05, 0) is 53.7 Å². The van der Waals surface area contributed by atoms with Crippen molar-refractivity contribution in [3.8, 4) is 11.4 Å². The molecule has 0 radical (unpaired) electrons. The van der Waals surface area contributed by atoms with E-state index in [0.29, 0.717) is 30.0 Å². The zero-order valence-electron chi connectivity index (χ0n) is 20.5. The normalized spacial score (nSPS) is 14.5. The third kappa shape index (κ3) is 4.36. The predicted octanol–water partition coefficient (Wildman–Crippen LogP) is 5.57. The third-order valence-corrected chi connectivity index (χ3v) is 7.14.